The molecule has 0 amide bonds. The first-order valence-corrected chi connectivity index (χ1v) is 7.81. The molecule has 0 aliphatic carbocycles. The normalized spacial score (nSPS) is 25.4. The van der Waals surface area contributed by atoms with Crippen LogP contribution in [-0.4, -0.2) is 16.0 Å². The van der Waals surface area contributed by atoms with Gasteiger partial charge in [-0.25, -0.2) is 9.97 Å². The molecule has 0 radical (unpaired) electrons. The lowest BCUT2D eigenvalue weighted by atomic mass is 9.85. The van der Waals surface area contributed by atoms with Crippen molar-refractivity contribution in [3.05, 3.63) is 60.2 Å². The van der Waals surface area contributed by atoms with Crippen LogP contribution in [0.1, 0.15) is 43.1 Å². The maximum atomic E-state index is 5.33. The van der Waals surface area contributed by atoms with Crippen LogP contribution in [0.5, 0.6) is 0 Å². The Balaban J connectivity index is 1.63. The third-order valence-corrected chi connectivity index (χ3v) is 4.43. The summed E-state index contributed by atoms with van der Waals surface area (Å²) in [4.78, 5) is 9.22. The number of nitrogens with one attached hydrogen (secondary N) is 1. The van der Waals surface area contributed by atoms with Crippen LogP contribution in [0.15, 0.2) is 53.3 Å². The number of fused-ring (bicyclic) bond motifs is 1. The highest BCUT2D eigenvalue weighted by atomic mass is 16.3. The monoisotopic (exact) mass is 293 g/mol. The molecule has 0 bridgehead atoms. The summed E-state index contributed by atoms with van der Waals surface area (Å²) >= 11 is 0. The largest absolute Gasteiger partial charge is 0.461 e. The summed E-state index contributed by atoms with van der Waals surface area (Å²) in [6.45, 7) is 2.23. The van der Waals surface area contributed by atoms with Crippen molar-refractivity contribution in [1.82, 2.24) is 15.3 Å². The van der Waals surface area contributed by atoms with E-state index in [1.54, 1.807) is 12.5 Å². The molecule has 4 heteroatoms. The highest BCUT2D eigenvalue weighted by Crippen LogP contribution is 2.35. The minimum absolute atomic E-state index is 0.360. The van der Waals surface area contributed by atoms with Crippen LogP contribution in [0.4, 0.5) is 0 Å². The molecule has 112 valence electrons. The van der Waals surface area contributed by atoms with Crippen LogP contribution in [0.25, 0.3) is 11.1 Å². The van der Waals surface area contributed by atoms with Crippen molar-refractivity contribution >= 4 is 11.1 Å². The van der Waals surface area contributed by atoms with Crippen molar-refractivity contribution < 1.29 is 4.42 Å². The summed E-state index contributed by atoms with van der Waals surface area (Å²) in [7, 11) is 0. The highest BCUT2D eigenvalue weighted by Gasteiger charge is 2.29. The second-order valence-electron chi connectivity index (χ2n) is 6.10. The van der Waals surface area contributed by atoms with E-state index in [9.17, 15) is 0 Å². The average Bonchev–Trinajstić information content (AvgIpc) is 3.02. The summed E-state index contributed by atoms with van der Waals surface area (Å²) in [5.74, 6) is 1.31. The van der Waals surface area contributed by atoms with E-state index in [1.165, 1.54) is 5.56 Å². The topological polar surface area (TPSA) is 51.0 Å². The molecule has 1 aliphatic rings. The first-order chi connectivity index (χ1) is 10.8. The van der Waals surface area contributed by atoms with Gasteiger partial charge in [-0.15, -0.1) is 0 Å². The molecule has 3 aromatic rings. The van der Waals surface area contributed by atoms with Crippen molar-refractivity contribution in [2.24, 2.45) is 0 Å². The quantitative estimate of drug-likeness (QED) is 0.780. The molecule has 1 aliphatic heterocycles. The second kappa shape index (κ2) is 5.54. The van der Waals surface area contributed by atoms with Gasteiger partial charge < -0.3 is 9.73 Å². The lowest BCUT2D eigenvalue weighted by Crippen LogP contribution is -2.38. The Morgan fingerprint density at radius 1 is 1.14 bits per heavy atom. The zero-order valence-corrected chi connectivity index (χ0v) is 12.6. The average molecular weight is 293 g/mol. The van der Waals surface area contributed by atoms with Crippen LogP contribution < -0.4 is 5.32 Å². The fourth-order valence-electron chi connectivity index (χ4n) is 3.39. The zero-order valence-electron chi connectivity index (χ0n) is 12.6. The van der Waals surface area contributed by atoms with Gasteiger partial charge in [0.05, 0.1) is 12.5 Å². The lowest BCUT2D eigenvalue weighted by Gasteiger charge is -2.34. The Morgan fingerprint density at radius 2 is 2.00 bits per heavy atom. The summed E-state index contributed by atoms with van der Waals surface area (Å²) in [5, 5.41) is 3.69. The fraction of sp³-hybridized carbons (Fsp3) is 0.333. The lowest BCUT2D eigenvalue weighted by molar-refractivity contribution is 0.300. The third kappa shape index (κ3) is 2.50. The van der Waals surface area contributed by atoms with Crippen LogP contribution in [0.2, 0.25) is 0 Å². The first kappa shape index (κ1) is 13.5. The highest BCUT2D eigenvalue weighted by molar-refractivity contribution is 5.70. The van der Waals surface area contributed by atoms with Crippen molar-refractivity contribution in [2.45, 2.75) is 37.8 Å². The summed E-state index contributed by atoms with van der Waals surface area (Å²) in [5.41, 5.74) is 2.99. The van der Waals surface area contributed by atoms with Crippen LogP contribution in [0, 0.1) is 0 Å². The van der Waals surface area contributed by atoms with Gasteiger partial charge in [-0.2, -0.15) is 0 Å². The molecule has 1 aromatic carbocycles. The van der Waals surface area contributed by atoms with Crippen molar-refractivity contribution in [1.29, 1.82) is 0 Å². The van der Waals surface area contributed by atoms with Gasteiger partial charge in [0.2, 0.25) is 0 Å². The third-order valence-electron chi connectivity index (χ3n) is 4.43. The van der Waals surface area contributed by atoms with E-state index in [0.717, 1.165) is 29.8 Å². The molecule has 3 atom stereocenters. The van der Waals surface area contributed by atoms with E-state index in [4.69, 9.17) is 4.42 Å². The van der Waals surface area contributed by atoms with E-state index >= 15 is 0 Å². The minimum atomic E-state index is 0.360. The van der Waals surface area contributed by atoms with Gasteiger partial charge in [0.1, 0.15) is 11.3 Å². The molecule has 4 rings (SSSR count). The van der Waals surface area contributed by atoms with E-state index in [0.29, 0.717) is 18.0 Å². The van der Waals surface area contributed by atoms with Crippen molar-refractivity contribution in [2.75, 3.05) is 0 Å². The number of hydrogen-bond donors (Lipinski definition) is 1. The molecule has 0 saturated carbocycles. The Morgan fingerprint density at radius 3 is 2.86 bits per heavy atom. The first-order valence-electron chi connectivity index (χ1n) is 7.81. The molecule has 1 fully saturated rings. The van der Waals surface area contributed by atoms with Crippen molar-refractivity contribution in [3.8, 4) is 0 Å². The Kier molecular flexibility index (Phi) is 3.39. The number of aromatic nitrogens is 2. The second-order valence-corrected chi connectivity index (χ2v) is 6.10. The van der Waals surface area contributed by atoms with E-state index in [-0.39, 0.29) is 0 Å². The number of rotatable bonds is 2. The standard InChI is InChI=1S/C18H19N3O/c1-12-9-14(10-16(20-12)13-5-3-2-4-6-13)18-19-11-17-15(21-18)7-8-22-17/h2-8,11-12,14,16,20H,9-10H2,1H3. The van der Waals surface area contributed by atoms with Gasteiger partial charge in [0.25, 0.3) is 0 Å². The predicted molar refractivity (Wildman–Crippen MR) is 85.6 cm³/mol. The Labute approximate surface area is 129 Å². The van der Waals surface area contributed by atoms with Gasteiger partial charge in [0, 0.05) is 24.1 Å². The Hall–Kier alpha value is -2.20. The van der Waals surface area contributed by atoms with E-state index < -0.39 is 0 Å². The summed E-state index contributed by atoms with van der Waals surface area (Å²) < 4.78 is 5.33. The molecule has 4 nitrogen and oxygen atoms in total. The van der Waals surface area contributed by atoms with Crippen molar-refractivity contribution in [3.63, 3.8) is 0 Å². The number of piperidine rings is 1. The number of benzene rings is 1. The van der Waals surface area contributed by atoms with Gasteiger partial charge in [-0.1, -0.05) is 30.3 Å². The van der Waals surface area contributed by atoms with Crippen LogP contribution in [-0.2, 0) is 0 Å². The molecule has 1 saturated heterocycles. The summed E-state index contributed by atoms with van der Waals surface area (Å²) in [6.07, 6.45) is 5.55. The zero-order chi connectivity index (χ0) is 14.9. The smallest absolute Gasteiger partial charge is 0.170 e. The molecule has 2 aromatic heterocycles. The SMILES string of the molecule is CC1CC(c2ncc3occc3n2)CC(c2ccccc2)N1. The Bertz CT molecular complexity index is 768. The molecular weight excluding hydrogens is 274 g/mol. The number of nitrogens with zero attached hydrogens (tertiary/aromatic N) is 2. The maximum Gasteiger partial charge on any atom is 0.170 e. The molecule has 0 spiro atoms. The fourth-order valence-corrected chi connectivity index (χ4v) is 3.39. The predicted octanol–water partition coefficient (Wildman–Crippen LogP) is 3.82. The van der Waals surface area contributed by atoms with E-state index in [2.05, 4.69) is 52.5 Å². The number of furan rings is 1. The van der Waals surface area contributed by atoms with Gasteiger partial charge in [0.15, 0.2) is 5.58 Å². The number of hydrogen-bond acceptors (Lipinski definition) is 4. The molecule has 3 unspecified atom stereocenters. The summed E-state index contributed by atoms with van der Waals surface area (Å²) in [6, 6.07) is 13.3. The molecule has 22 heavy (non-hydrogen) atoms. The van der Waals surface area contributed by atoms with E-state index in [1.807, 2.05) is 6.07 Å². The van der Waals surface area contributed by atoms with Gasteiger partial charge >= 0.3 is 0 Å². The minimum Gasteiger partial charge on any atom is -0.461 e. The molecule has 3 heterocycles. The van der Waals surface area contributed by atoms with Gasteiger partial charge in [-0.05, 0) is 25.3 Å². The van der Waals surface area contributed by atoms with Crippen LogP contribution >= 0.6 is 0 Å². The maximum absolute atomic E-state index is 5.33. The molecule has 1 N–H and O–H groups in total. The van der Waals surface area contributed by atoms with Gasteiger partial charge in [-0.3, -0.25) is 0 Å². The molecular formula is C18H19N3O. The van der Waals surface area contributed by atoms with Crippen LogP contribution in [0.3, 0.4) is 0 Å².